The van der Waals surface area contributed by atoms with Gasteiger partial charge >= 0.3 is 0 Å². The molecule has 0 amide bonds. The highest BCUT2D eigenvalue weighted by atomic mass is 35.5. The van der Waals surface area contributed by atoms with Crippen LogP contribution in [0.1, 0.15) is 24.8 Å². The second-order valence-corrected chi connectivity index (χ2v) is 5.33. The number of rotatable bonds is 2. The molecular formula is C13H16ClNO. The number of piperidine rings is 1. The molecule has 86 valence electrons. The van der Waals surface area contributed by atoms with Crippen LogP contribution in [0.15, 0.2) is 18.2 Å². The number of aliphatic hydroxyl groups excluding tert-OH is 1. The molecule has 1 aliphatic heterocycles. The maximum atomic E-state index is 9.08. The van der Waals surface area contributed by atoms with Crippen LogP contribution in [0.5, 0.6) is 0 Å². The molecular weight excluding hydrogens is 222 g/mol. The van der Waals surface area contributed by atoms with Crippen molar-refractivity contribution >= 4 is 17.3 Å². The molecule has 2 aliphatic rings. The molecule has 3 heteroatoms. The highest BCUT2D eigenvalue weighted by Crippen LogP contribution is 2.40. The van der Waals surface area contributed by atoms with Gasteiger partial charge in [0.1, 0.15) is 0 Å². The van der Waals surface area contributed by atoms with Crippen molar-refractivity contribution in [2.45, 2.75) is 31.9 Å². The molecule has 3 rings (SSSR count). The van der Waals surface area contributed by atoms with Crippen molar-refractivity contribution in [1.82, 2.24) is 0 Å². The Kier molecular flexibility index (Phi) is 2.56. The van der Waals surface area contributed by atoms with Crippen LogP contribution in [0.3, 0.4) is 0 Å². The normalized spacial score (nSPS) is 27.8. The molecule has 0 radical (unpaired) electrons. The van der Waals surface area contributed by atoms with Crippen LogP contribution in [-0.2, 0) is 6.61 Å². The minimum absolute atomic E-state index is 0.0190. The number of nitrogens with zero attached hydrogens (tertiary/aromatic N) is 1. The number of aliphatic hydroxyl groups is 1. The first-order chi connectivity index (χ1) is 7.78. The lowest BCUT2D eigenvalue weighted by atomic mass is 10.1. The lowest BCUT2D eigenvalue weighted by molar-refractivity contribution is 0.282. The largest absolute Gasteiger partial charge is 0.392 e. The second kappa shape index (κ2) is 3.94. The Hall–Kier alpha value is -0.730. The summed E-state index contributed by atoms with van der Waals surface area (Å²) in [5.41, 5.74) is 2.03. The lowest BCUT2D eigenvalue weighted by Gasteiger charge is -2.29. The van der Waals surface area contributed by atoms with Gasteiger partial charge in [0, 0.05) is 23.3 Å². The van der Waals surface area contributed by atoms with E-state index in [4.69, 9.17) is 16.7 Å². The SMILES string of the molecule is OCc1ccc(N2CC3CCC2C3)cc1Cl. The monoisotopic (exact) mass is 237 g/mol. The predicted octanol–water partition coefficient (Wildman–Crippen LogP) is 2.82. The van der Waals surface area contributed by atoms with Gasteiger partial charge in [-0.25, -0.2) is 0 Å². The average Bonchev–Trinajstić information content (AvgIpc) is 2.90. The number of hydrogen-bond acceptors (Lipinski definition) is 2. The minimum Gasteiger partial charge on any atom is -0.392 e. The molecule has 0 spiro atoms. The Morgan fingerprint density at radius 3 is 2.81 bits per heavy atom. The molecule has 2 unspecified atom stereocenters. The summed E-state index contributed by atoms with van der Waals surface area (Å²) in [6.07, 6.45) is 4.06. The topological polar surface area (TPSA) is 23.5 Å². The Bertz CT molecular complexity index is 407. The Morgan fingerprint density at radius 1 is 1.38 bits per heavy atom. The van der Waals surface area contributed by atoms with Gasteiger partial charge in [-0.1, -0.05) is 17.7 Å². The van der Waals surface area contributed by atoms with Crippen LogP contribution < -0.4 is 4.90 Å². The van der Waals surface area contributed by atoms with Crippen molar-refractivity contribution in [3.05, 3.63) is 28.8 Å². The number of fused-ring (bicyclic) bond motifs is 2. The quantitative estimate of drug-likeness (QED) is 0.855. The summed E-state index contributed by atoms with van der Waals surface area (Å²) >= 11 is 6.12. The predicted molar refractivity (Wildman–Crippen MR) is 65.8 cm³/mol. The third-order valence-electron chi connectivity index (χ3n) is 3.95. The van der Waals surface area contributed by atoms with Crippen LogP contribution in [0.25, 0.3) is 0 Å². The van der Waals surface area contributed by atoms with E-state index in [0.717, 1.165) is 17.5 Å². The summed E-state index contributed by atoms with van der Waals surface area (Å²) < 4.78 is 0. The minimum atomic E-state index is 0.0190. The van der Waals surface area contributed by atoms with Gasteiger partial charge in [-0.05, 0) is 42.9 Å². The standard InChI is InChI=1S/C13H16ClNO/c14-13-6-12(4-2-10(13)8-16)15-7-9-1-3-11(15)5-9/h2,4,6,9,11,16H,1,3,5,7-8H2. The van der Waals surface area contributed by atoms with Gasteiger partial charge in [0.25, 0.3) is 0 Å². The zero-order valence-corrected chi connectivity index (χ0v) is 9.95. The fourth-order valence-corrected chi connectivity index (χ4v) is 3.32. The Labute approximate surface area is 101 Å². The smallest absolute Gasteiger partial charge is 0.0696 e. The zero-order chi connectivity index (χ0) is 11.1. The fourth-order valence-electron chi connectivity index (χ4n) is 3.08. The first-order valence-corrected chi connectivity index (χ1v) is 6.31. The van der Waals surface area contributed by atoms with Crippen LogP contribution in [0.4, 0.5) is 5.69 Å². The van der Waals surface area contributed by atoms with E-state index in [-0.39, 0.29) is 6.61 Å². The average molecular weight is 238 g/mol. The number of halogens is 1. The zero-order valence-electron chi connectivity index (χ0n) is 9.19. The molecule has 1 aliphatic carbocycles. The summed E-state index contributed by atoms with van der Waals surface area (Å²) in [6, 6.07) is 6.73. The van der Waals surface area contributed by atoms with Gasteiger partial charge in [0.05, 0.1) is 6.61 Å². The van der Waals surface area contributed by atoms with Gasteiger partial charge in [0.2, 0.25) is 0 Å². The van der Waals surface area contributed by atoms with E-state index in [1.165, 1.54) is 31.5 Å². The van der Waals surface area contributed by atoms with Crippen LogP contribution in [0, 0.1) is 5.92 Å². The number of benzene rings is 1. The summed E-state index contributed by atoms with van der Waals surface area (Å²) in [6.45, 7) is 1.20. The van der Waals surface area contributed by atoms with Crippen molar-refractivity contribution in [3.63, 3.8) is 0 Å². The molecule has 0 aromatic heterocycles. The number of anilines is 1. The third-order valence-corrected chi connectivity index (χ3v) is 4.30. The summed E-state index contributed by atoms with van der Waals surface area (Å²) in [4.78, 5) is 2.47. The van der Waals surface area contributed by atoms with Crippen molar-refractivity contribution in [2.75, 3.05) is 11.4 Å². The lowest BCUT2D eigenvalue weighted by Crippen LogP contribution is -2.31. The molecule has 1 heterocycles. The highest BCUT2D eigenvalue weighted by molar-refractivity contribution is 6.31. The first kappa shape index (κ1) is 10.4. The molecule has 1 aromatic carbocycles. The van der Waals surface area contributed by atoms with Crippen LogP contribution in [0.2, 0.25) is 5.02 Å². The van der Waals surface area contributed by atoms with Gasteiger partial charge in [0.15, 0.2) is 0 Å². The number of hydrogen-bond donors (Lipinski definition) is 1. The molecule has 2 nitrogen and oxygen atoms in total. The van der Waals surface area contributed by atoms with E-state index in [2.05, 4.69) is 11.0 Å². The Morgan fingerprint density at radius 2 is 2.25 bits per heavy atom. The van der Waals surface area contributed by atoms with E-state index in [1.54, 1.807) is 0 Å². The van der Waals surface area contributed by atoms with E-state index in [9.17, 15) is 0 Å². The first-order valence-electron chi connectivity index (χ1n) is 5.94. The molecule has 1 saturated carbocycles. The maximum Gasteiger partial charge on any atom is 0.0696 e. The van der Waals surface area contributed by atoms with Gasteiger partial charge in [-0.2, -0.15) is 0 Å². The van der Waals surface area contributed by atoms with Crippen molar-refractivity contribution < 1.29 is 5.11 Å². The summed E-state index contributed by atoms with van der Waals surface area (Å²) in [5.74, 6) is 0.890. The molecule has 1 aromatic rings. The fraction of sp³-hybridized carbons (Fsp3) is 0.538. The van der Waals surface area contributed by atoms with E-state index in [1.807, 2.05) is 12.1 Å². The molecule has 2 bridgehead atoms. The molecule has 2 atom stereocenters. The van der Waals surface area contributed by atoms with E-state index >= 15 is 0 Å². The molecule has 2 fully saturated rings. The Balaban J connectivity index is 1.87. The van der Waals surface area contributed by atoms with E-state index in [0.29, 0.717) is 5.02 Å². The maximum absolute atomic E-state index is 9.08. The van der Waals surface area contributed by atoms with Gasteiger partial charge in [-0.3, -0.25) is 0 Å². The highest BCUT2D eigenvalue weighted by Gasteiger charge is 2.37. The molecule has 16 heavy (non-hydrogen) atoms. The molecule has 1 N–H and O–H groups in total. The van der Waals surface area contributed by atoms with Crippen molar-refractivity contribution in [1.29, 1.82) is 0 Å². The summed E-state index contributed by atoms with van der Waals surface area (Å²) in [7, 11) is 0. The molecule has 1 saturated heterocycles. The van der Waals surface area contributed by atoms with Crippen molar-refractivity contribution in [2.24, 2.45) is 5.92 Å². The summed E-state index contributed by atoms with van der Waals surface area (Å²) in [5, 5.41) is 9.76. The van der Waals surface area contributed by atoms with Crippen LogP contribution >= 0.6 is 11.6 Å². The van der Waals surface area contributed by atoms with E-state index < -0.39 is 0 Å². The third kappa shape index (κ3) is 1.61. The second-order valence-electron chi connectivity index (χ2n) is 4.92. The van der Waals surface area contributed by atoms with Gasteiger partial charge in [-0.15, -0.1) is 0 Å². The van der Waals surface area contributed by atoms with Gasteiger partial charge < -0.3 is 10.0 Å². The van der Waals surface area contributed by atoms with Crippen LogP contribution in [-0.4, -0.2) is 17.7 Å². The van der Waals surface area contributed by atoms with Crippen molar-refractivity contribution in [3.8, 4) is 0 Å².